The van der Waals surface area contributed by atoms with Crippen molar-refractivity contribution in [3.8, 4) is 0 Å². The Labute approximate surface area is 196 Å². The normalized spacial score (nSPS) is 17.5. The van der Waals surface area contributed by atoms with Gasteiger partial charge in [0.2, 0.25) is 5.95 Å². The lowest BCUT2D eigenvalue weighted by Gasteiger charge is -2.40. The second-order valence-corrected chi connectivity index (χ2v) is 11.6. The van der Waals surface area contributed by atoms with Gasteiger partial charge in [0.25, 0.3) is 0 Å². The number of aromatic nitrogens is 3. The summed E-state index contributed by atoms with van der Waals surface area (Å²) in [5.41, 5.74) is -1.68. The SMILES string of the molecule is CC(C)C1c2cc3ccc(S(C)(=O)=O)cc3n2CCN1c1ncc(C(C)(C)O)c(C(F)(F)F)n1. The van der Waals surface area contributed by atoms with Crippen molar-refractivity contribution in [1.29, 1.82) is 0 Å². The molecule has 1 atom stereocenters. The van der Waals surface area contributed by atoms with Crippen LogP contribution in [0.25, 0.3) is 10.9 Å². The summed E-state index contributed by atoms with van der Waals surface area (Å²) in [6.45, 7) is 7.21. The summed E-state index contributed by atoms with van der Waals surface area (Å²) in [5, 5.41) is 11.1. The monoisotopic (exact) mass is 496 g/mol. The van der Waals surface area contributed by atoms with Gasteiger partial charge in [-0.2, -0.15) is 13.2 Å². The standard InChI is InChI=1S/C23H27F3N4O3S/c1-13(2)19-18-10-14-6-7-15(34(5,32)33)11-17(14)29(18)8-9-30(19)21-27-12-16(22(3,4)31)20(28-21)23(24,25)26/h6-7,10-13,19,31H,8-9H2,1-5H3. The number of sulfone groups is 1. The molecule has 3 heterocycles. The van der Waals surface area contributed by atoms with E-state index in [0.29, 0.717) is 13.1 Å². The van der Waals surface area contributed by atoms with E-state index >= 15 is 0 Å². The number of halogens is 3. The number of hydrogen-bond acceptors (Lipinski definition) is 6. The average Bonchev–Trinajstić information content (AvgIpc) is 3.08. The highest BCUT2D eigenvalue weighted by Crippen LogP contribution is 2.40. The first kappa shape index (κ1) is 24.5. The summed E-state index contributed by atoms with van der Waals surface area (Å²) in [4.78, 5) is 10.1. The number of nitrogens with zero attached hydrogens (tertiary/aromatic N) is 4. The largest absolute Gasteiger partial charge is 0.433 e. The third-order valence-electron chi connectivity index (χ3n) is 6.13. The molecule has 4 rings (SSSR count). The quantitative estimate of drug-likeness (QED) is 0.580. The maximum Gasteiger partial charge on any atom is 0.433 e. The van der Waals surface area contributed by atoms with Gasteiger partial charge in [0.15, 0.2) is 15.5 Å². The molecule has 0 saturated heterocycles. The van der Waals surface area contributed by atoms with Crippen LogP contribution in [0.15, 0.2) is 35.4 Å². The highest BCUT2D eigenvalue weighted by atomic mass is 32.2. The van der Waals surface area contributed by atoms with E-state index in [9.17, 15) is 26.7 Å². The first-order valence-corrected chi connectivity index (χ1v) is 12.7. The Morgan fingerprint density at radius 3 is 2.38 bits per heavy atom. The third-order valence-corrected chi connectivity index (χ3v) is 7.24. The topological polar surface area (TPSA) is 88.3 Å². The number of anilines is 1. The first-order chi connectivity index (χ1) is 15.6. The molecule has 0 amide bonds. The maximum absolute atomic E-state index is 13.8. The van der Waals surface area contributed by atoms with Gasteiger partial charge in [0, 0.05) is 47.7 Å². The van der Waals surface area contributed by atoms with Crippen LogP contribution in [0.5, 0.6) is 0 Å². The Kier molecular flexibility index (Phi) is 5.72. The van der Waals surface area contributed by atoms with Crippen molar-refractivity contribution in [1.82, 2.24) is 14.5 Å². The predicted octanol–water partition coefficient (Wildman–Crippen LogP) is 4.30. The van der Waals surface area contributed by atoms with E-state index in [4.69, 9.17) is 0 Å². The summed E-state index contributed by atoms with van der Waals surface area (Å²) in [6, 6.07) is 6.54. The van der Waals surface area contributed by atoms with Crippen molar-refractivity contribution in [2.75, 3.05) is 17.7 Å². The summed E-state index contributed by atoms with van der Waals surface area (Å²) < 4.78 is 67.6. The fraction of sp³-hybridized carbons (Fsp3) is 0.478. The molecule has 1 aromatic carbocycles. The minimum absolute atomic E-state index is 0.00960. The molecule has 1 unspecified atom stereocenters. The molecule has 0 bridgehead atoms. The van der Waals surface area contributed by atoms with Crippen molar-refractivity contribution < 1.29 is 26.7 Å². The minimum Gasteiger partial charge on any atom is -0.386 e. The van der Waals surface area contributed by atoms with E-state index in [1.54, 1.807) is 23.1 Å². The molecule has 1 aliphatic heterocycles. The second kappa shape index (κ2) is 7.94. The second-order valence-electron chi connectivity index (χ2n) is 9.58. The van der Waals surface area contributed by atoms with E-state index in [1.165, 1.54) is 13.8 Å². The van der Waals surface area contributed by atoms with Crippen LogP contribution in [-0.2, 0) is 28.2 Å². The molecule has 0 saturated carbocycles. The lowest BCUT2D eigenvalue weighted by molar-refractivity contribution is -0.144. The van der Waals surface area contributed by atoms with Crippen LogP contribution in [0.2, 0.25) is 0 Å². The number of benzene rings is 1. The van der Waals surface area contributed by atoms with Crippen LogP contribution in [-0.4, -0.2) is 40.9 Å². The molecule has 1 aliphatic rings. The number of aliphatic hydroxyl groups is 1. The van der Waals surface area contributed by atoms with Gasteiger partial charge in [0.05, 0.1) is 16.5 Å². The van der Waals surface area contributed by atoms with Gasteiger partial charge in [-0.05, 0) is 38.0 Å². The van der Waals surface area contributed by atoms with Crippen molar-refractivity contribution >= 4 is 26.7 Å². The zero-order valence-electron chi connectivity index (χ0n) is 19.6. The van der Waals surface area contributed by atoms with Crippen LogP contribution in [0.4, 0.5) is 19.1 Å². The molecule has 0 radical (unpaired) electrons. The van der Waals surface area contributed by atoms with Gasteiger partial charge in [0.1, 0.15) is 0 Å². The van der Waals surface area contributed by atoms with Gasteiger partial charge < -0.3 is 14.6 Å². The molecule has 0 fully saturated rings. The van der Waals surface area contributed by atoms with E-state index in [-0.39, 0.29) is 28.4 Å². The smallest absolute Gasteiger partial charge is 0.386 e. The fourth-order valence-corrected chi connectivity index (χ4v) is 5.23. The molecule has 1 N–H and O–H groups in total. The Bertz CT molecular complexity index is 1360. The molecular formula is C23H27F3N4O3S. The van der Waals surface area contributed by atoms with Crippen LogP contribution in [0.3, 0.4) is 0 Å². The lowest BCUT2D eigenvalue weighted by atomic mass is 9.96. The van der Waals surface area contributed by atoms with Crippen molar-refractivity contribution in [2.24, 2.45) is 5.92 Å². The van der Waals surface area contributed by atoms with Crippen LogP contribution in [0, 0.1) is 5.92 Å². The number of rotatable bonds is 4. The Balaban J connectivity index is 1.85. The fourth-order valence-electron chi connectivity index (χ4n) is 4.59. The summed E-state index contributed by atoms with van der Waals surface area (Å²) in [7, 11) is -3.39. The number of alkyl halides is 3. The molecule has 7 nitrogen and oxygen atoms in total. The number of fused-ring (bicyclic) bond motifs is 3. The van der Waals surface area contributed by atoms with Gasteiger partial charge in [-0.3, -0.25) is 0 Å². The van der Waals surface area contributed by atoms with Crippen LogP contribution >= 0.6 is 0 Å². The minimum atomic E-state index is -4.76. The molecule has 184 valence electrons. The predicted molar refractivity (Wildman–Crippen MR) is 122 cm³/mol. The van der Waals surface area contributed by atoms with Crippen molar-refractivity contribution in [3.63, 3.8) is 0 Å². The molecular weight excluding hydrogens is 469 g/mol. The maximum atomic E-state index is 13.8. The van der Waals surface area contributed by atoms with E-state index in [0.717, 1.165) is 29.0 Å². The molecule has 0 spiro atoms. The first-order valence-electron chi connectivity index (χ1n) is 10.9. The zero-order chi connectivity index (χ0) is 25.2. The Morgan fingerprint density at radius 2 is 1.82 bits per heavy atom. The molecule has 34 heavy (non-hydrogen) atoms. The van der Waals surface area contributed by atoms with E-state index in [2.05, 4.69) is 9.97 Å². The van der Waals surface area contributed by atoms with E-state index in [1.807, 2.05) is 24.5 Å². The summed E-state index contributed by atoms with van der Waals surface area (Å²) in [6.07, 6.45) is -2.56. The summed E-state index contributed by atoms with van der Waals surface area (Å²) >= 11 is 0. The van der Waals surface area contributed by atoms with Gasteiger partial charge >= 0.3 is 6.18 Å². The summed E-state index contributed by atoms with van der Waals surface area (Å²) in [5.74, 6) is -0.0722. The van der Waals surface area contributed by atoms with Gasteiger partial charge in [-0.15, -0.1) is 0 Å². The van der Waals surface area contributed by atoms with E-state index < -0.39 is 27.3 Å². The van der Waals surface area contributed by atoms with Crippen LogP contribution < -0.4 is 4.90 Å². The van der Waals surface area contributed by atoms with Gasteiger partial charge in [-0.1, -0.05) is 19.9 Å². The zero-order valence-corrected chi connectivity index (χ0v) is 20.4. The molecule has 3 aromatic rings. The Hall–Kier alpha value is -2.66. The Morgan fingerprint density at radius 1 is 1.15 bits per heavy atom. The average molecular weight is 497 g/mol. The van der Waals surface area contributed by atoms with Gasteiger partial charge in [-0.25, -0.2) is 18.4 Å². The molecule has 11 heteroatoms. The lowest BCUT2D eigenvalue weighted by Crippen LogP contribution is -2.42. The highest BCUT2D eigenvalue weighted by Gasteiger charge is 2.41. The van der Waals surface area contributed by atoms with Crippen LogP contribution in [0.1, 0.15) is 50.7 Å². The highest BCUT2D eigenvalue weighted by molar-refractivity contribution is 7.90. The third kappa shape index (κ3) is 4.26. The van der Waals surface area contributed by atoms with Crippen molar-refractivity contribution in [3.05, 3.63) is 47.4 Å². The molecule has 2 aromatic heterocycles. The molecule has 0 aliphatic carbocycles. The number of hydrogen-bond donors (Lipinski definition) is 1. The van der Waals surface area contributed by atoms with Crippen molar-refractivity contribution in [2.45, 2.75) is 57.0 Å².